The molecule has 0 aliphatic heterocycles. The fourth-order valence-electron chi connectivity index (χ4n) is 1.25. The summed E-state index contributed by atoms with van der Waals surface area (Å²) in [7, 11) is 0. The molecule has 0 heterocycles. The lowest BCUT2D eigenvalue weighted by molar-refractivity contribution is 0.903. The number of hydrogen-bond acceptors (Lipinski definition) is 2. The molecule has 0 fully saturated rings. The summed E-state index contributed by atoms with van der Waals surface area (Å²) in [6.45, 7) is 4.51. The second-order valence-electron chi connectivity index (χ2n) is 3.54. The van der Waals surface area contributed by atoms with E-state index >= 15 is 0 Å². The standard InChI is InChI=1S/C12H19NS/c1-3-10(2)14-9-8-11-6-4-5-7-12(11)13/h4-7,10H,3,8-9,13H2,1-2H3. The average Bonchev–Trinajstić information content (AvgIpc) is 2.20. The zero-order valence-corrected chi connectivity index (χ0v) is 9.81. The Kier molecular flexibility index (Phi) is 4.88. The van der Waals surface area contributed by atoms with Gasteiger partial charge in [-0.15, -0.1) is 0 Å². The fraction of sp³-hybridized carbons (Fsp3) is 0.500. The molecule has 0 spiro atoms. The van der Waals surface area contributed by atoms with Crippen LogP contribution in [0.1, 0.15) is 25.8 Å². The molecule has 0 bridgehead atoms. The number of hydrogen-bond donors (Lipinski definition) is 1. The lowest BCUT2D eigenvalue weighted by Gasteiger charge is -2.08. The highest BCUT2D eigenvalue weighted by Gasteiger charge is 2.01. The molecule has 0 aliphatic carbocycles. The zero-order chi connectivity index (χ0) is 10.4. The quantitative estimate of drug-likeness (QED) is 0.753. The van der Waals surface area contributed by atoms with Crippen LogP contribution in [0.5, 0.6) is 0 Å². The highest BCUT2D eigenvalue weighted by atomic mass is 32.2. The van der Waals surface area contributed by atoms with Crippen LogP contribution in [-0.4, -0.2) is 11.0 Å². The van der Waals surface area contributed by atoms with Crippen molar-refractivity contribution in [2.75, 3.05) is 11.5 Å². The molecular weight excluding hydrogens is 190 g/mol. The number of anilines is 1. The van der Waals surface area contributed by atoms with E-state index in [0.29, 0.717) is 0 Å². The van der Waals surface area contributed by atoms with Gasteiger partial charge in [0.1, 0.15) is 0 Å². The van der Waals surface area contributed by atoms with Crippen LogP contribution in [0, 0.1) is 0 Å². The number of nitrogens with two attached hydrogens (primary N) is 1. The van der Waals surface area contributed by atoms with Gasteiger partial charge in [0.15, 0.2) is 0 Å². The van der Waals surface area contributed by atoms with Crippen LogP contribution in [0.4, 0.5) is 5.69 Å². The van der Waals surface area contributed by atoms with E-state index in [1.165, 1.54) is 17.7 Å². The molecule has 0 amide bonds. The Morgan fingerprint density at radius 1 is 1.36 bits per heavy atom. The van der Waals surface area contributed by atoms with Gasteiger partial charge in [-0.05, 0) is 30.2 Å². The maximum atomic E-state index is 5.86. The highest BCUT2D eigenvalue weighted by molar-refractivity contribution is 7.99. The largest absolute Gasteiger partial charge is 0.399 e. The van der Waals surface area contributed by atoms with Gasteiger partial charge in [-0.1, -0.05) is 32.0 Å². The van der Waals surface area contributed by atoms with Crippen LogP contribution in [-0.2, 0) is 6.42 Å². The number of benzene rings is 1. The molecule has 1 atom stereocenters. The van der Waals surface area contributed by atoms with Gasteiger partial charge in [0.25, 0.3) is 0 Å². The first-order chi connectivity index (χ1) is 6.74. The molecule has 2 heteroatoms. The Morgan fingerprint density at radius 2 is 2.07 bits per heavy atom. The SMILES string of the molecule is CCC(C)SCCc1ccccc1N. The molecule has 0 radical (unpaired) electrons. The number of aryl methyl sites for hydroxylation is 1. The first kappa shape index (κ1) is 11.4. The Labute approximate surface area is 91.1 Å². The van der Waals surface area contributed by atoms with Crippen molar-refractivity contribution in [2.45, 2.75) is 31.9 Å². The smallest absolute Gasteiger partial charge is 0.0346 e. The van der Waals surface area contributed by atoms with E-state index in [9.17, 15) is 0 Å². The Hall–Kier alpha value is -0.630. The van der Waals surface area contributed by atoms with Crippen molar-refractivity contribution in [1.82, 2.24) is 0 Å². The van der Waals surface area contributed by atoms with E-state index in [4.69, 9.17) is 5.73 Å². The first-order valence-electron chi connectivity index (χ1n) is 5.19. The fourth-order valence-corrected chi connectivity index (χ4v) is 2.23. The normalized spacial score (nSPS) is 12.7. The number of nitrogen functional groups attached to an aromatic ring is 1. The molecule has 0 saturated carbocycles. The van der Waals surface area contributed by atoms with E-state index in [1.54, 1.807) is 0 Å². The maximum absolute atomic E-state index is 5.86. The maximum Gasteiger partial charge on any atom is 0.0346 e. The van der Waals surface area contributed by atoms with Gasteiger partial charge in [0.2, 0.25) is 0 Å². The molecule has 78 valence electrons. The average molecular weight is 209 g/mol. The summed E-state index contributed by atoms with van der Waals surface area (Å²) in [6.07, 6.45) is 2.33. The van der Waals surface area contributed by atoms with Crippen LogP contribution >= 0.6 is 11.8 Å². The molecule has 14 heavy (non-hydrogen) atoms. The topological polar surface area (TPSA) is 26.0 Å². The summed E-state index contributed by atoms with van der Waals surface area (Å²) in [6, 6.07) is 8.13. The number of rotatable bonds is 5. The minimum absolute atomic E-state index is 0.764. The van der Waals surface area contributed by atoms with Gasteiger partial charge < -0.3 is 5.73 Å². The van der Waals surface area contributed by atoms with E-state index in [0.717, 1.165) is 17.4 Å². The monoisotopic (exact) mass is 209 g/mol. The molecule has 1 rings (SSSR count). The van der Waals surface area contributed by atoms with Crippen molar-refractivity contribution in [1.29, 1.82) is 0 Å². The number of para-hydroxylation sites is 1. The molecule has 0 aliphatic rings. The molecule has 1 unspecified atom stereocenters. The van der Waals surface area contributed by atoms with Gasteiger partial charge >= 0.3 is 0 Å². The third kappa shape index (κ3) is 3.62. The molecule has 1 nitrogen and oxygen atoms in total. The highest BCUT2D eigenvalue weighted by Crippen LogP contribution is 2.18. The van der Waals surface area contributed by atoms with E-state index in [2.05, 4.69) is 26.0 Å². The van der Waals surface area contributed by atoms with Gasteiger partial charge in [-0.2, -0.15) is 11.8 Å². The first-order valence-corrected chi connectivity index (χ1v) is 6.24. The molecule has 1 aromatic carbocycles. The number of thioether (sulfide) groups is 1. The van der Waals surface area contributed by atoms with Crippen molar-refractivity contribution in [3.05, 3.63) is 29.8 Å². The van der Waals surface area contributed by atoms with E-state index < -0.39 is 0 Å². The van der Waals surface area contributed by atoms with Crippen molar-refractivity contribution in [3.63, 3.8) is 0 Å². The van der Waals surface area contributed by atoms with Gasteiger partial charge in [-0.3, -0.25) is 0 Å². The summed E-state index contributed by atoms with van der Waals surface area (Å²) in [5.41, 5.74) is 8.07. The Bertz CT molecular complexity index is 273. The summed E-state index contributed by atoms with van der Waals surface area (Å²) < 4.78 is 0. The minimum atomic E-state index is 0.764. The molecule has 1 aromatic rings. The van der Waals surface area contributed by atoms with Crippen LogP contribution in [0.3, 0.4) is 0 Å². The lowest BCUT2D eigenvalue weighted by Crippen LogP contribution is -1.99. The summed E-state index contributed by atoms with van der Waals surface area (Å²) in [4.78, 5) is 0. The summed E-state index contributed by atoms with van der Waals surface area (Å²) in [5, 5.41) is 0.764. The molecular formula is C12H19NS. The van der Waals surface area contributed by atoms with Crippen LogP contribution in [0.15, 0.2) is 24.3 Å². The molecule has 0 aromatic heterocycles. The van der Waals surface area contributed by atoms with Crippen LogP contribution in [0.25, 0.3) is 0 Å². The predicted molar refractivity (Wildman–Crippen MR) is 66.8 cm³/mol. The Balaban J connectivity index is 2.35. The predicted octanol–water partition coefficient (Wildman–Crippen LogP) is 3.34. The van der Waals surface area contributed by atoms with Gasteiger partial charge in [0, 0.05) is 10.9 Å². The Morgan fingerprint density at radius 3 is 2.71 bits per heavy atom. The third-order valence-corrected chi connectivity index (χ3v) is 3.75. The van der Waals surface area contributed by atoms with Gasteiger partial charge in [-0.25, -0.2) is 0 Å². The van der Waals surface area contributed by atoms with Crippen molar-refractivity contribution < 1.29 is 0 Å². The second kappa shape index (κ2) is 5.97. The van der Waals surface area contributed by atoms with E-state index in [1.807, 2.05) is 23.9 Å². The second-order valence-corrected chi connectivity index (χ2v) is 5.08. The molecule has 0 saturated heterocycles. The molecule has 2 N–H and O–H groups in total. The van der Waals surface area contributed by atoms with Crippen LogP contribution in [0.2, 0.25) is 0 Å². The minimum Gasteiger partial charge on any atom is -0.399 e. The van der Waals surface area contributed by atoms with Crippen molar-refractivity contribution >= 4 is 17.4 Å². The summed E-state index contributed by atoms with van der Waals surface area (Å²) in [5.74, 6) is 1.17. The van der Waals surface area contributed by atoms with E-state index in [-0.39, 0.29) is 0 Å². The lowest BCUT2D eigenvalue weighted by atomic mass is 10.1. The summed E-state index contributed by atoms with van der Waals surface area (Å²) >= 11 is 2.02. The third-order valence-electron chi connectivity index (χ3n) is 2.40. The van der Waals surface area contributed by atoms with Crippen molar-refractivity contribution in [3.8, 4) is 0 Å². The van der Waals surface area contributed by atoms with Gasteiger partial charge in [0.05, 0.1) is 0 Å². The van der Waals surface area contributed by atoms with Crippen LogP contribution < -0.4 is 5.73 Å². The zero-order valence-electron chi connectivity index (χ0n) is 8.99. The van der Waals surface area contributed by atoms with Crippen molar-refractivity contribution in [2.24, 2.45) is 0 Å².